The molecular formula is C9H4F2I2S. The minimum Gasteiger partial charge on any atom is -0.205 e. The van der Waals surface area contributed by atoms with Crippen molar-refractivity contribution in [2.75, 3.05) is 0 Å². The fraction of sp³-hybridized carbons (Fsp3) is 0.111. The molecule has 0 radical (unpaired) electrons. The van der Waals surface area contributed by atoms with Crippen molar-refractivity contribution in [3.8, 4) is 0 Å². The molecule has 5 heteroatoms. The summed E-state index contributed by atoms with van der Waals surface area (Å²) < 4.78 is 27.9. The van der Waals surface area contributed by atoms with Crippen molar-refractivity contribution in [1.82, 2.24) is 0 Å². The molecule has 1 aromatic carbocycles. The van der Waals surface area contributed by atoms with Gasteiger partial charge in [-0.2, -0.15) is 0 Å². The first-order chi connectivity index (χ1) is 6.61. The molecule has 1 aromatic heterocycles. The summed E-state index contributed by atoms with van der Waals surface area (Å²) in [4.78, 5) is 0. The van der Waals surface area contributed by atoms with Crippen molar-refractivity contribution >= 4 is 66.6 Å². The average molecular weight is 436 g/mol. The molecule has 0 fully saturated rings. The molecule has 0 bridgehead atoms. The van der Waals surface area contributed by atoms with E-state index < -0.39 is 6.43 Å². The van der Waals surface area contributed by atoms with Crippen LogP contribution in [0.25, 0.3) is 10.1 Å². The Kier molecular flexibility index (Phi) is 3.27. The maximum absolute atomic E-state index is 12.8. The van der Waals surface area contributed by atoms with Crippen molar-refractivity contribution < 1.29 is 8.78 Å². The first-order valence-corrected chi connectivity index (χ1v) is 6.78. The van der Waals surface area contributed by atoms with Gasteiger partial charge in [0, 0.05) is 22.8 Å². The molecule has 2 aromatic rings. The molecular weight excluding hydrogens is 432 g/mol. The van der Waals surface area contributed by atoms with Gasteiger partial charge in [0.15, 0.2) is 0 Å². The molecule has 0 spiro atoms. The van der Waals surface area contributed by atoms with Crippen molar-refractivity contribution in [3.63, 3.8) is 0 Å². The number of benzene rings is 1. The first-order valence-electron chi connectivity index (χ1n) is 3.74. The van der Waals surface area contributed by atoms with Crippen LogP contribution in [0.1, 0.15) is 12.0 Å². The molecule has 0 saturated heterocycles. The van der Waals surface area contributed by atoms with Gasteiger partial charge >= 0.3 is 0 Å². The maximum Gasteiger partial charge on any atom is 0.266 e. The maximum atomic E-state index is 12.8. The van der Waals surface area contributed by atoms with E-state index in [9.17, 15) is 8.78 Å². The number of thiophene rings is 1. The minimum absolute atomic E-state index is 0.177. The Morgan fingerprint density at radius 2 is 1.93 bits per heavy atom. The molecule has 14 heavy (non-hydrogen) atoms. The predicted molar refractivity (Wildman–Crippen MR) is 72.2 cm³/mol. The van der Waals surface area contributed by atoms with Crippen LogP contribution in [0, 0.1) is 7.14 Å². The summed E-state index contributed by atoms with van der Waals surface area (Å²) in [5.74, 6) is 0. The predicted octanol–water partition coefficient (Wildman–Crippen LogP) is 5.05. The number of alkyl halides is 2. The second-order valence-corrected chi connectivity index (χ2v) is 5.96. The second-order valence-electron chi connectivity index (χ2n) is 2.72. The molecule has 74 valence electrons. The topological polar surface area (TPSA) is 0 Å². The SMILES string of the molecule is FC(F)c1c(I)cc(I)c2ccsc12. The Bertz CT molecular complexity index is 479. The van der Waals surface area contributed by atoms with Gasteiger partial charge in [0.25, 0.3) is 6.43 Å². The second kappa shape index (κ2) is 4.17. The first kappa shape index (κ1) is 11.0. The molecule has 0 aliphatic rings. The van der Waals surface area contributed by atoms with Gasteiger partial charge in [0.05, 0.1) is 0 Å². The highest BCUT2D eigenvalue weighted by molar-refractivity contribution is 14.1. The van der Waals surface area contributed by atoms with Crippen LogP contribution in [-0.4, -0.2) is 0 Å². The van der Waals surface area contributed by atoms with Crippen LogP contribution in [0.3, 0.4) is 0 Å². The van der Waals surface area contributed by atoms with Crippen LogP contribution in [0.2, 0.25) is 0 Å². The number of rotatable bonds is 1. The molecule has 0 aliphatic carbocycles. The molecule has 0 nitrogen and oxygen atoms in total. The van der Waals surface area contributed by atoms with Gasteiger partial charge in [-0.3, -0.25) is 0 Å². The van der Waals surface area contributed by atoms with Gasteiger partial charge in [-0.25, -0.2) is 8.78 Å². The van der Waals surface area contributed by atoms with E-state index in [0.717, 1.165) is 13.7 Å². The van der Waals surface area contributed by atoms with E-state index >= 15 is 0 Å². The van der Waals surface area contributed by atoms with Crippen molar-refractivity contribution in [2.24, 2.45) is 0 Å². The zero-order valence-electron chi connectivity index (χ0n) is 6.73. The van der Waals surface area contributed by atoms with Crippen LogP contribution >= 0.6 is 56.5 Å². The number of halogens is 4. The normalized spacial score (nSPS) is 11.5. The van der Waals surface area contributed by atoms with E-state index in [1.807, 2.05) is 34.0 Å². The van der Waals surface area contributed by atoms with Crippen LogP contribution < -0.4 is 0 Å². The Labute approximate surface area is 111 Å². The summed E-state index contributed by atoms with van der Waals surface area (Å²) in [5.41, 5.74) is 0.177. The summed E-state index contributed by atoms with van der Waals surface area (Å²) in [6, 6.07) is 3.70. The molecule has 0 unspecified atom stereocenters. The molecule has 2 rings (SSSR count). The number of hydrogen-bond acceptors (Lipinski definition) is 1. The average Bonchev–Trinajstić information content (AvgIpc) is 2.51. The summed E-state index contributed by atoms with van der Waals surface area (Å²) in [7, 11) is 0. The molecule has 0 atom stereocenters. The minimum atomic E-state index is -2.39. The Morgan fingerprint density at radius 1 is 1.21 bits per heavy atom. The van der Waals surface area contributed by atoms with Crippen LogP contribution in [-0.2, 0) is 0 Å². The third-order valence-corrected chi connectivity index (χ3v) is 4.63. The standard InChI is InChI=1S/C9H4F2I2S/c10-9(11)7-6(13)3-5(12)4-1-2-14-8(4)7/h1-3,9H. The molecule has 0 N–H and O–H groups in total. The molecule has 0 saturated carbocycles. The zero-order valence-corrected chi connectivity index (χ0v) is 11.9. The lowest BCUT2D eigenvalue weighted by atomic mass is 10.2. The van der Waals surface area contributed by atoms with E-state index in [1.165, 1.54) is 11.3 Å². The lowest BCUT2D eigenvalue weighted by Gasteiger charge is -2.06. The highest BCUT2D eigenvalue weighted by Gasteiger charge is 2.18. The Morgan fingerprint density at radius 3 is 2.57 bits per heavy atom. The summed E-state index contributed by atoms with van der Waals surface area (Å²) >= 11 is 5.53. The van der Waals surface area contributed by atoms with Gasteiger partial charge < -0.3 is 0 Å². The van der Waals surface area contributed by atoms with Crippen LogP contribution in [0.15, 0.2) is 17.5 Å². The summed E-state index contributed by atoms with van der Waals surface area (Å²) in [6.45, 7) is 0. The zero-order chi connectivity index (χ0) is 10.3. The number of fused-ring (bicyclic) bond motifs is 1. The van der Waals surface area contributed by atoms with Crippen LogP contribution in [0.5, 0.6) is 0 Å². The van der Waals surface area contributed by atoms with E-state index in [1.54, 1.807) is 6.07 Å². The Balaban J connectivity index is 2.86. The Hall–Kier alpha value is 0.500. The fourth-order valence-electron chi connectivity index (χ4n) is 1.28. The summed E-state index contributed by atoms with van der Waals surface area (Å²) in [5, 5.41) is 2.79. The van der Waals surface area contributed by atoms with E-state index in [-0.39, 0.29) is 5.56 Å². The highest BCUT2D eigenvalue weighted by Crippen LogP contribution is 2.37. The monoisotopic (exact) mass is 436 g/mol. The largest absolute Gasteiger partial charge is 0.266 e. The highest BCUT2D eigenvalue weighted by atomic mass is 127. The fourth-order valence-corrected chi connectivity index (χ4v) is 4.79. The third kappa shape index (κ3) is 1.78. The van der Waals surface area contributed by atoms with Crippen molar-refractivity contribution in [1.29, 1.82) is 0 Å². The van der Waals surface area contributed by atoms with Gasteiger partial charge in [-0.1, -0.05) is 0 Å². The van der Waals surface area contributed by atoms with Gasteiger partial charge in [-0.15, -0.1) is 11.3 Å². The van der Waals surface area contributed by atoms with Crippen molar-refractivity contribution in [2.45, 2.75) is 6.43 Å². The van der Waals surface area contributed by atoms with Gasteiger partial charge in [0.1, 0.15) is 0 Å². The molecule has 1 heterocycles. The molecule has 0 amide bonds. The van der Waals surface area contributed by atoms with Crippen LogP contribution in [0.4, 0.5) is 8.78 Å². The lowest BCUT2D eigenvalue weighted by molar-refractivity contribution is 0.152. The van der Waals surface area contributed by atoms with E-state index in [0.29, 0.717) is 3.57 Å². The number of hydrogen-bond donors (Lipinski definition) is 0. The smallest absolute Gasteiger partial charge is 0.205 e. The quantitative estimate of drug-likeness (QED) is 0.550. The van der Waals surface area contributed by atoms with Gasteiger partial charge in [0.2, 0.25) is 0 Å². The van der Waals surface area contributed by atoms with Gasteiger partial charge in [-0.05, 0) is 62.7 Å². The lowest BCUT2D eigenvalue weighted by Crippen LogP contribution is -1.91. The van der Waals surface area contributed by atoms with E-state index in [2.05, 4.69) is 22.6 Å². The third-order valence-electron chi connectivity index (χ3n) is 1.90. The molecule has 0 aliphatic heterocycles. The summed E-state index contributed by atoms with van der Waals surface area (Å²) in [6.07, 6.45) is -2.39. The van der Waals surface area contributed by atoms with Crippen molar-refractivity contribution in [3.05, 3.63) is 30.2 Å². The van der Waals surface area contributed by atoms with E-state index in [4.69, 9.17) is 0 Å².